The van der Waals surface area contributed by atoms with Gasteiger partial charge in [-0.1, -0.05) is 20.8 Å². The molecule has 0 radical (unpaired) electrons. The van der Waals surface area contributed by atoms with Crippen molar-refractivity contribution in [2.75, 3.05) is 0 Å². The van der Waals surface area contributed by atoms with Crippen molar-refractivity contribution in [1.82, 2.24) is 19.9 Å². The van der Waals surface area contributed by atoms with E-state index in [0.717, 1.165) is 40.1 Å². The topological polar surface area (TPSA) is 54.5 Å². The second kappa shape index (κ2) is 4.65. The van der Waals surface area contributed by atoms with Gasteiger partial charge in [0.2, 0.25) is 0 Å². The standard InChI is InChI=1S/C20H22N4/c1-20(2,3)19-21-9-13(10-22-19)18-23-16-7-14-11-4-5-12(6-11)15(14)8-17(16)24-18/h7-12H,4-6H2,1-3H3,(H,23,24). The van der Waals surface area contributed by atoms with Gasteiger partial charge in [0.05, 0.1) is 16.6 Å². The van der Waals surface area contributed by atoms with Crippen LogP contribution < -0.4 is 0 Å². The number of nitrogens with one attached hydrogen (secondary N) is 1. The fraction of sp³-hybridized carbons (Fsp3) is 0.450. The van der Waals surface area contributed by atoms with Crippen LogP contribution in [0.3, 0.4) is 0 Å². The molecular formula is C20H22N4. The molecule has 4 heteroatoms. The molecule has 1 aromatic carbocycles. The highest BCUT2D eigenvalue weighted by atomic mass is 14.9. The molecule has 2 aliphatic carbocycles. The minimum Gasteiger partial charge on any atom is -0.338 e. The van der Waals surface area contributed by atoms with Gasteiger partial charge < -0.3 is 4.98 Å². The Bertz CT molecular complexity index is 884. The largest absolute Gasteiger partial charge is 0.338 e. The Morgan fingerprint density at radius 1 is 1.00 bits per heavy atom. The highest BCUT2D eigenvalue weighted by molar-refractivity contribution is 5.81. The summed E-state index contributed by atoms with van der Waals surface area (Å²) in [6.07, 6.45) is 7.80. The lowest BCUT2D eigenvalue weighted by molar-refractivity contribution is 0.545. The van der Waals surface area contributed by atoms with Gasteiger partial charge >= 0.3 is 0 Å². The van der Waals surface area contributed by atoms with Crippen LogP contribution in [0.1, 0.15) is 68.8 Å². The number of rotatable bonds is 1. The fourth-order valence-corrected chi connectivity index (χ4v) is 4.32. The molecule has 0 amide bonds. The monoisotopic (exact) mass is 318 g/mol. The smallest absolute Gasteiger partial charge is 0.141 e. The van der Waals surface area contributed by atoms with E-state index >= 15 is 0 Å². The van der Waals surface area contributed by atoms with Gasteiger partial charge in [-0.2, -0.15) is 0 Å². The molecule has 0 aliphatic heterocycles. The van der Waals surface area contributed by atoms with Crippen LogP contribution in [0.15, 0.2) is 24.5 Å². The molecule has 2 heterocycles. The Hall–Kier alpha value is -2.23. The van der Waals surface area contributed by atoms with E-state index in [4.69, 9.17) is 4.98 Å². The molecule has 0 spiro atoms. The summed E-state index contributed by atoms with van der Waals surface area (Å²) in [6, 6.07) is 4.63. The first-order chi connectivity index (χ1) is 11.5. The van der Waals surface area contributed by atoms with Crippen molar-refractivity contribution in [1.29, 1.82) is 0 Å². The van der Waals surface area contributed by atoms with E-state index in [2.05, 4.69) is 47.9 Å². The molecule has 4 nitrogen and oxygen atoms in total. The lowest BCUT2D eigenvalue weighted by atomic mass is 9.91. The predicted molar refractivity (Wildman–Crippen MR) is 95.2 cm³/mol. The maximum absolute atomic E-state index is 4.80. The first-order valence-electron chi connectivity index (χ1n) is 8.85. The lowest BCUT2D eigenvalue weighted by Crippen LogP contribution is -2.15. The molecule has 2 unspecified atom stereocenters. The molecule has 1 saturated carbocycles. The fourth-order valence-electron chi connectivity index (χ4n) is 4.32. The summed E-state index contributed by atoms with van der Waals surface area (Å²) in [5.41, 5.74) is 6.20. The highest BCUT2D eigenvalue weighted by Gasteiger charge is 2.37. The van der Waals surface area contributed by atoms with Crippen molar-refractivity contribution >= 4 is 11.0 Å². The van der Waals surface area contributed by atoms with Crippen molar-refractivity contribution in [2.45, 2.75) is 57.3 Å². The van der Waals surface area contributed by atoms with Crippen LogP contribution in [0.25, 0.3) is 22.4 Å². The van der Waals surface area contributed by atoms with Crippen molar-refractivity contribution < 1.29 is 0 Å². The van der Waals surface area contributed by atoms with Crippen LogP contribution >= 0.6 is 0 Å². The molecule has 3 aromatic rings. The average Bonchev–Trinajstić information content (AvgIpc) is 3.26. The molecule has 1 N–H and O–H groups in total. The number of aromatic nitrogens is 4. The summed E-state index contributed by atoms with van der Waals surface area (Å²) in [5.74, 6) is 3.26. The maximum Gasteiger partial charge on any atom is 0.141 e. The first-order valence-corrected chi connectivity index (χ1v) is 8.85. The Labute approximate surface area is 141 Å². The molecule has 2 atom stereocenters. The molecule has 122 valence electrons. The second-order valence-corrected chi connectivity index (χ2v) is 8.34. The summed E-state index contributed by atoms with van der Waals surface area (Å²) in [4.78, 5) is 17.3. The van der Waals surface area contributed by atoms with Crippen LogP contribution in [-0.2, 0) is 5.41 Å². The molecule has 1 fully saturated rings. The number of nitrogens with zero attached hydrogens (tertiary/aromatic N) is 3. The third kappa shape index (κ3) is 2.02. The number of fused-ring (bicyclic) bond motifs is 6. The number of benzene rings is 1. The van der Waals surface area contributed by atoms with E-state index in [1.165, 1.54) is 24.8 Å². The molecule has 2 bridgehead atoms. The summed E-state index contributed by atoms with van der Waals surface area (Å²) < 4.78 is 0. The van der Waals surface area contributed by atoms with Crippen LogP contribution in [0.5, 0.6) is 0 Å². The minimum atomic E-state index is -0.0352. The van der Waals surface area contributed by atoms with E-state index in [9.17, 15) is 0 Å². The minimum absolute atomic E-state index is 0.0352. The van der Waals surface area contributed by atoms with Crippen LogP contribution in [0.2, 0.25) is 0 Å². The van der Waals surface area contributed by atoms with Gasteiger partial charge in [0, 0.05) is 17.8 Å². The normalized spacial score (nSPS) is 22.3. The predicted octanol–water partition coefficient (Wildman–Crippen LogP) is 4.68. The SMILES string of the molecule is CC(C)(C)c1ncc(-c2nc3cc4c(cc3[nH]2)C2CCC4C2)cn1. The van der Waals surface area contributed by atoms with E-state index in [1.807, 2.05) is 12.4 Å². The quantitative estimate of drug-likeness (QED) is 0.708. The Balaban J connectivity index is 1.56. The van der Waals surface area contributed by atoms with E-state index < -0.39 is 0 Å². The third-order valence-corrected chi connectivity index (χ3v) is 5.60. The van der Waals surface area contributed by atoms with Crippen molar-refractivity contribution in [3.05, 3.63) is 41.5 Å². The van der Waals surface area contributed by atoms with Crippen LogP contribution in [0.4, 0.5) is 0 Å². The molecule has 2 aromatic heterocycles. The van der Waals surface area contributed by atoms with E-state index in [-0.39, 0.29) is 5.41 Å². The van der Waals surface area contributed by atoms with Gasteiger partial charge in [0.15, 0.2) is 0 Å². The molecule has 2 aliphatic rings. The van der Waals surface area contributed by atoms with Gasteiger partial charge in [-0.05, 0) is 54.4 Å². The summed E-state index contributed by atoms with van der Waals surface area (Å²) in [5, 5.41) is 0. The Morgan fingerprint density at radius 3 is 2.33 bits per heavy atom. The van der Waals surface area contributed by atoms with E-state index in [0.29, 0.717) is 0 Å². The van der Waals surface area contributed by atoms with Crippen molar-refractivity contribution in [3.63, 3.8) is 0 Å². The Morgan fingerprint density at radius 2 is 1.67 bits per heavy atom. The zero-order valence-corrected chi connectivity index (χ0v) is 14.4. The summed E-state index contributed by atoms with van der Waals surface area (Å²) >= 11 is 0. The van der Waals surface area contributed by atoms with E-state index in [1.54, 1.807) is 5.56 Å². The number of aromatic amines is 1. The van der Waals surface area contributed by atoms with Gasteiger partial charge in [0.1, 0.15) is 11.6 Å². The lowest BCUT2D eigenvalue weighted by Gasteiger charge is -2.15. The third-order valence-electron chi connectivity index (χ3n) is 5.60. The first kappa shape index (κ1) is 14.1. The zero-order valence-electron chi connectivity index (χ0n) is 14.4. The van der Waals surface area contributed by atoms with Gasteiger partial charge in [0.25, 0.3) is 0 Å². The molecule has 0 saturated heterocycles. The van der Waals surface area contributed by atoms with Gasteiger partial charge in [-0.15, -0.1) is 0 Å². The number of imidazole rings is 1. The summed E-state index contributed by atoms with van der Waals surface area (Å²) in [6.45, 7) is 6.37. The zero-order chi connectivity index (χ0) is 16.5. The van der Waals surface area contributed by atoms with Crippen LogP contribution in [-0.4, -0.2) is 19.9 Å². The number of hydrogen-bond acceptors (Lipinski definition) is 3. The summed E-state index contributed by atoms with van der Waals surface area (Å²) in [7, 11) is 0. The molecule has 5 rings (SSSR count). The second-order valence-electron chi connectivity index (χ2n) is 8.34. The molecular weight excluding hydrogens is 296 g/mol. The highest BCUT2D eigenvalue weighted by Crippen LogP contribution is 2.53. The van der Waals surface area contributed by atoms with Crippen molar-refractivity contribution in [2.24, 2.45) is 0 Å². The number of H-pyrrole nitrogens is 1. The Kier molecular flexibility index (Phi) is 2.74. The van der Waals surface area contributed by atoms with Crippen LogP contribution in [0, 0.1) is 0 Å². The number of hydrogen-bond donors (Lipinski definition) is 1. The molecule has 24 heavy (non-hydrogen) atoms. The maximum atomic E-state index is 4.80. The van der Waals surface area contributed by atoms with Crippen molar-refractivity contribution in [3.8, 4) is 11.4 Å². The van der Waals surface area contributed by atoms with Gasteiger partial charge in [-0.25, -0.2) is 15.0 Å². The average molecular weight is 318 g/mol. The van der Waals surface area contributed by atoms with Gasteiger partial charge in [-0.3, -0.25) is 0 Å².